The van der Waals surface area contributed by atoms with Crippen LogP contribution in [0.1, 0.15) is 32.1 Å². The molecule has 0 bridgehead atoms. The van der Waals surface area contributed by atoms with E-state index in [4.69, 9.17) is 0 Å². The van der Waals surface area contributed by atoms with Crippen LogP contribution in [0.3, 0.4) is 0 Å². The summed E-state index contributed by atoms with van der Waals surface area (Å²) in [4.78, 5) is 46.1. The summed E-state index contributed by atoms with van der Waals surface area (Å²) in [6.45, 7) is 0. The molecule has 0 heterocycles. The minimum absolute atomic E-state index is 0.0529. The molecule has 0 saturated heterocycles. The van der Waals surface area contributed by atoms with Gasteiger partial charge in [-0.3, -0.25) is 19.2 Å². The number of Topliss-reactive ketones (excluding diaryl/α,β-unsaturated/α-hetero) is 2. The highest BCUT2D eigenvalue weighted by Crippen LogP contribution is 2.24. The molecule has 0 unspecified atom stereocenters. The third-order valence-corrected chi connectivity index (χ3v) is 3.94. The van der Waals surface area contributed by atoms with E-state index in [2.05, 4.69) is 0 Å². The van der Waals surface area contributed by atoms with Crippen LogP contribution in [-0.4, -0.2) is 43.6 Å². The lowest BCUT2D eigenvalue weighted by Gasteiger charge is -2.13. The monoisotopic (exact) mass is 348 g/mol. The highest BCUT2D eigenvalue weighted by atomic mass is 16.3. The van der Waals surface area contributed by atoms with Crippen LogP contribution in [-0.2, 0) is 19.2 Å². The molecule has 0 aromatic carbocycles. The summed E-state index contributed by atoms with van der Waals surface area (Å²) in [7, 11) is 0. The molecule has 0 fully saturated rings. The molecule has 2 aliphatic rings. The Labute approximate surface area is 142 Å². The first-order valence-corrected chi connectivity index (χ1v) is 7.57. The predicted molar refractivity (Wildman–Crippen MR) is 83.8 cm³/mol. The van der Waals surface area contributed by atoms with Crippen molar-refractivity contribution in [3.05, 3.63) is 46.3 Å². The third kappa shape index (κ3) is 3.68. The maximum absolute atomic E-state index is 11.7. The molecule has 132 valence electrons. The van der Waals surface area contributed by atoms with Gasteiger partial charge < -0.3 is 20.4 Å². The Hall–Kier alpha value is -3.16. The second-order valence-electron chi connectivity index (χ2n) is 5.66. The van der Waals surface area contributed by atoms with Crippen LogP contribution in [0, 0.1) is 0 Å². The van der Waals surface area contributed by atoms with E-state index in [-0.39, 0.29) is 24.0 Å². The van der Waals surface area contributed by atoms with Gasteiger partial charge in [0, 0.05) is 23.3 Å². The fraction of sp³-hybridized carbons (Fsp3) is 0.294. The lowest BCUT2D eigenvalue weighted by atomic mass is 9.92. The van der Waals surface area contributed by atoms with Crippen LogP contribution in [0.4, 0.5) is 0 Å². The minimum atomic E-state index is -0.837. The minimum Gasteiger partial charge on any atom is -0.504 e. The maximum atomic E-state index is 11.7. The Morgan fingerprint density at radius 2 is 0.960 bits per heavy atom. The molecule has 0 spiro atoms. The van der Waals surface area contributed by atoms with Crippen LogP contribution in [0.2, 0.25) is 0 Å². The lowest BCUT2D eigenvalue weighted by molar-refractivity contribution is -0.119. The van der Waals surface area contributed by atoms with Gasteiger partial charge in [0.2, 0.25) is 23.1 Å². The van der Waals surface area contributed by atoms with Crippen molar-refractivity contribution in [1.82, 2.24) is 0 Å². The molecule has 0 radical (unpaired) electrons. The van der Waals surface area contributed by atoms with Gasteiger partial charge in [0.05, 0.1) is 0 Å². The first-order chi connectivity index (χ1) is 11.7. The number of aliphatic hydroxyl groups is 4. The number of carbonyl (C=O) groups is 4. The summed E-state index contributed by atoms with van der Waals surface area (Å²) in [5.41, 5.74) is -0.340. The molecular formula is C17H16O8. The van der Waals surface area contributed by atoms with Crippen molar-refractivity contribution in [1.29, 1.82) is 0 Å². The highest BCUT2D eigenvalue weighted by molar-refractivity contribution is 6.21. The molecular weight excluding hydrogens is 332 g/mol. The van der Waals surface area contributed by atoms with Gasteiger partial charge in [0.25, 0.3) is 0 Å². The zero-order valence-electron chi connectivity index (χ0n) is 13.1. The van der Waals surface area contributed by atoms with E-state index in [0.29, 0.717) is 31.4 Å². The number of rotatable bonds is 6. The molecule has 25 heavy (non-hydrogen) atoms. The Morgan fingerprint density at radius 1 is 0.600 bits per heavy atom. The van der Waals surface area contributed by atoms with Gasteiger partial charge in [-0.25, -0.2) is 0 Å². The van der Waals surface area contributed by atoms with Gasteiger partial charge in [-0.1, -0.05) is 6.42 Å². The fourth-order valence-electron chi connectivity index (χ4n) is 2.58. The number of allylic oxidation sites excluding steroid dienone is 4. The van der Waals surface area contributed by atoms with Crippen molar-refractivity contribution in [2.24, 2.45) is 0 Å². The fourth-order valence-corrected chi connectivity index (χ4v) is 2.58. The van der Waals surface area contributed by atoms with Crippen molar-refractivity contribution in [3.63, 3.8) is 0 Å². The van der Waals surface area contributed by atoms with E-state index in [1.54, 1.807) is 0 Å². The number of carbonyl (C=O) groups excluding carboxylic acids is 4. The molecule has 2 aliphatic carbocycles. The average molecular weight is 348 g/mol. The SMILES string of the molecule is O=C1C=C(O)C(=O)C(CCCCCC2=C(O)C(=O)C=C(O)C2=O)=C1O. The van der Waals surface area contributed by atoms with Crippen LogP contribution < -0.4 is 0 Å². The largest absolute Gasteiger partial charge is 0.504 e. The Bertz CT molecular complexity index is 725. The number of unbranched alkanes of at least 4 members (excludes halogenated alkanes) is 2. The zero-order chi connectivity index (χ0) is 18.7. The summed E-state index contributed by atoms with van der Waals surface area (Å²) < 4.78 is 0. The standard InChI is InChI=1S/C17H16O8/c18-10-6-11(19)15(23)8(14(10)22)4-2-1-3-5-9-16(24)12(20)7-13(21)17(9)25/h6-7,18,20,23,25H,1-5H2. The summed E-state index contributed by atoms with van der Waals surface area (Å²) in [6.07, 6.45) is 2.60. The van der Waals surface area contributed by atoms with E-state index in [1.807, 2.05) is 0 Å². The van der Waals surface area contributed by atoms with Crippen molar-refractivity contribution >= 4 is 23.1 Å². The Kier molecular flexibility index (Phi) is 5.21. The van der Waals surface area contributed by atoms with Crippen molar-refractivity contribution in [2.75, 3.05) is 0 Å². The van der Waals surface area contributed by atoms with Crippen LogP contribution in [0.25, 0.3) is 0 Å². The number of aliphatic hydroxyl groups excluding tert-OH is 4. The van der Waals surface area contributed by atoms with E-state index in [0.717, 1.165) is 0 Å². The molecule has 0 aromatic heterocycles. The molecule has 8 nitrogen and oxygen atoms in total. The van der Waals surface area contributed by atoms with E-state index < -0.39 is 46.2 Å². The summed E-state index contributed by atoms with van der Waals surface area (Å²) in [5, 5.41) is 37.9. The average Bonchev–Trinajstić information content (AvgIpc) is 2.56. The lowest BCUT2D eigenvalue weighted by Crippen LogP contribution is -2.19. The molecule has 4 N–H and O–H groups in total. The molecule has 2 rings (SSSR count). The second kappa shape index (κ2) is 7.16. The van der Waals surface area contributed by atoms with E-state index in [9.17, 15) is 39.6 Å². The van der Waals surface area contributed by atoms with Crippen molar-refractivity contribution < 1.29 is 39.6 Å². The summed E-state index contributed by atoms with van der Waals surface area (Å²) >= 11 is 0. The van der Waals surface area contributed by atoms with Crippen molar-refractivity contribution in [2.45, 2.75) is 32.1 Å². The molecule has 0 saturated carbocycles. The molecule has 0 aliphatic heterocycles. The zero-order valence-corrected chi connectivity index (χ0v) is 13.1. The van der Waals surface area contributed by atoms with Crippen LogP contribution >= 0.6 is 0 Å². The van der Waals surface area contributed by atoms with Gasteiger partial charge in [0.15, 0.2) is 23.0 Å². The Balaban J connectivity index is 1.88. The quantitative estimate of drug-likeness (QED) is 0.419. The van der Waals surface area contributed by atoms with E-state index >= 15 is 0 Å². The summed E-state index contributed by atoms with van der Waals surface area (Å²) in [6, 6.07) is 0. The van der Waals surface area contributed by atoms with Crippen LogP contribution in [0.15, 0.2) is 46.3 Å². The topological polar surface area (TPSA) is 149 Å². The second-order valence-corrected chi connectivity index (χ2v) is 5.66. The van der Waals surface area contributed by atoms with Gasteiger partial charge >= 0.3 is 0 Å². The molecule has 0 amide bonds. The van der Waals surface area contributed by atoms with Crippen LogP contribution in [0.5, 0.6) is 0 Å². The maximum Gasteiger partial charge on any atom is 0.227 e. The third-order valence-electron chi connectivity index (χ3n) is 3.94. The highest BCUT2D eigenvalue weighted by Gasteiger charge is 2.29. The van der Waals surface area contributed by atoms with Gasteiger partial charge in [-0.05, 0) is 25.7 Å². The first-order valence-electron chi connectivity index (χ1n) is 7.57. The van der Waals surface area contributed by atoms with Gasteiger partial charge in [0.1, 0.15) is 0 Å². The number of ketones is 4. The molecule has 8 heteroatoms. The number of hydrogen-bond donors (Lipinski definition) is 4. The molecule has 0 aromatic rings. The van der Waals surface area contributed by atoms with E-state index in [1.165, 1.54) is 0 Å². The van der Waals surface area contributed by atoms with Gasteiger partial charge in [-0.2, -0.15) is 0 Å². The Morgan fingerprint density at radius 3 is 1.32 bits per heavy atom. The predicted octanol–water partition coefficient (Wildman–Crippen LogP) is 1.75. The van der Waals surface area contributed by atoms with Crippen molar-refractivity contribution in [3.8, 4) is 0 Å². The van der Waals surface area contributed by atoms with Gasteiger partial charge in [-0.15, -0.1) is 0 Å². The normalized spacial score (nSPS) is 18.7. The smallest absolute Gasteiger partial charge is 0.227 e. The first kappa shape index (κ1) is 18.2. The summed E-state index contributed by atoms with van der Waals surface area (Å²) in [5.74, 6) is -6.10. The number of hydrogen-bond acceptors (Lipinski definition) is 8. The molecule has 0 atom stereocenters.